The molecule has 1 atom stereocenters. The largest absolute Gasteiger partial charge is 0.493 e. The summed E-state index contributed by atoms with van der Waals surface area (Å²) in [6.07, 6.45) is 7.02. The van der Waals surface area contributed by atoms with Gasteiger partial charge in [-0.05, 0) is 54.7 Å². The number of benzene rings is 2. The predicted molar refractivity (Wildman–Crippen MR) is 153 cm³/mol. The van der Waals surface area contributed by atoms with E-state index in [9.17, 15) is 9.59 Å². The smallest absolute Gasteiger partial charge is 0.338 e. The second-order valence-electron chi connectivity index (χ2n) is 9.15. The molecule has 0 N–H and O–H groups in total. The lowest BCUT2D eigenvalue weighted by molar-refractivity contribution is -0.139. The average Bonchev–Trinajstić information content (AvgIpc) is 3.21. The number of allylic oxidation sites excluding steroid dienone is 1. The van der Waals surface area contributed by atoms with Crippen molar-refractivity contribution in [2.75, 3.05) is 20.3 Å². The molecule has 1 aliphatic rings. The van der Waals surface area contributed by atoms with Crippen molar-refractivity contribution < 1.29 is 19.0 Å². The molecule has 4 rings (SSSR count). The standard InChI is InChI=1S/C30H29ClN2O5S/c1-7-13-38-27-22(31)14-19(15-23(27)36-6)16-24-28(34)33-26(21-11-9-20(10-12-21)17(3)4)25(29(35)37-8-2)18(5)32-30(33)39-24/h1,9-12,14-17,26H,8,13H2,2-6H3/b24-16-/t26-/m0/s1. The maximum Gasteiger partial charge on any atom is 0.338 e. The first kappa shape index (κ1) is 28.2. The second-order valence-corrected chi connectivity index (χ2v) is 10.6. The molecule has 2 aromatic carbocycles. The zero-order valence-electron chi connectivity index (χ0n) is 22.4. The summed E-state index contributed by atoms with van der Waals surface area (Å²) in [5.41, 5.74) is 3.16. The monoisotopic (exact) mass is 564 g/mol. The highest BCUT2D eigenvalue weighted by Gasteiger charge is 2.33. The van der Waals surface area contributed by atoms with Crippen LogP contribution in [0.3, 0.4) is 0 Å². The number of methoxy groups -OCH3 is 1. The normalized spacial score (nSPS) is 15.0. The number of nitrogens with zero attached hydrogens (tertiary/aromatic N) is 2. The Morgan fingerprint density at radius 1 is 1.28 bits per heavy atom. The predicted octanol–water partition coefficient (Wildman–Crippen LogP) is 4.60. The van der Waals surface area contributed by atoms with E-state index >= 15 is 0 Å². The number of fused-ring (bicyclic) bond motifs is 1. The third kappa shape index (κ3) is 5.65. The molecule has 202 valence electrons. The molecule has 0 spiro atoms. The minimum absolute atomic E-state index is 0.0360. The quantitative estimate of drug-likeness (QED) is 0.295. The lowest BCUT2D eigenvalue weighted by atomic mass is 9.93. The van der Waals surface area contributed by atoms with Crippen LogP contribution in [0.5, 0.6) is 11.5 Å². The molecule has 3 aromatic rings. The molecular formula is C30H29ClN2O5S. The Morgan fingerprint density at radius 2 is 2.00 bits per heavy atom. The van der Waals surface area contributed by atoms with Gasteiger partial charge in [0.1, 0.15) is 6.61 Å². The maximum absolute atomic E-state index is 13.9. The average molecular weight is 565 g/mol. The van der Waals surface area contributed by atoms with E-state index in [-0.39, 0.29) is 18.8 Å². The van der Waals surface area contributed by atoms with Crippen LogP contribution in [0.1, 0.15) is 56.3 Å². The van der Waals surface area contributed by atoms with E-state index in [0.29, 0.717) is 48.6 Å². The van der Waals surface area contributed by atoms with Gasteiger partial charge in [0.25, 0.3) is 5.56 Å². The van der Waals surface area contributed by atoms with Gasteiger partial charge in [0.2, 0.25) is 0 Å². The Hall–Kier alpha value is -3.80. The van der Waals surface area contributed by atoms with E-state index in [2.05, 4.69) is 24.8 Å². The lowest BCUT2D eigenvalue weighted by Gasteiger charge is -2.25. The summed E-state index contributed by atoms with van der Waals surface area (Å²) < 4.78 is 18.3. The number of ether oxygens (including phenoxy) is 3. The lowest BCUT2D eigenvalue weighted by Crippen LogP contribution is -2.39. The van der Waals surface area contributed by atoms with Crippen LogP contribution in [0.15, 0.2) is 57.5 Å². The van der Waals surface area contributed by atoms with Crippen molar-refractivity contribution in [1.82, 2.24) is 4.57 Å². The number of aromatic nitrogens is 1. The fourth-order valence-electron chi connectivity index (χ4n) is 4.40. The van der Waals surface area contributed by atoms with Crippen molar-refractivity contribution in [2.24, 2.45) is 4.99 Å². The van der Waals surface area contributed by atoms with Crippen LogP contribution in [0.2, 0.25) is 5.02 Å². The van der Waals surface area contributed by atoms with Crippen molar-refractivity contribution in [1.29, 1.82) is 0 Å². The van der Waals surface area contributed by atoms with Gasteiger partial charge >= 0.3 is 5.97 Å². The molecular weight excluding hydrogens is 536 g/mol. The highest BCUT2D eigenvalue weighted by Crippen LogP contribution is 2.37. The summed E-state index contributed by atoms with van der Waals surface area (Å²) in [6.45, 7) is 7.98. The first-order chi connectivity index (χ1) is 18.7. The van der Waals surface area contributed by atoms with E-state index in [1.165, 1.54) is 18.4 Å². The topological polar surface area (TPSA) is 79.1 Å². The summed E-state index contributed by atoms with van der Waals surface area (Å²) in [7, 11) is 1.50. The van der Waals surface area contributed by atoms with Crippen molar-refractivity contribution in [2.45, 2.75) is 39.7 Å². The molecule has 0 bridgehead atoms. The number of halogens is 1. The minimum Gasteiger partial charge on any atom is -0.493 e. The van der Waals surface area contributed by atoms with Gasteiger partial charge in [0.15, 0.2) is 16.3 Å². The molecule has 0 saturated heterocycles. The van der Waals surface area contributed by atoms with Gasteiger partial charge in [0.05, 0.1) is 40.6 Å². The summed E-state index contributed by atoms with van der Waals surface area (Å²) in [4.78, 5) is 32.1. The fraction of sp³-hybridized carbons (Fsp3) is 0.300. The first-order valence-electron chi connectivity index (χ1n) is 12.4. The van der Waals surface area contributed by atoms with Crippen molar-refractivity contribution >= 4 is 35.0 Å². The van der Waals surface area contributed by atoms with E-state index in [1.54, 1.807) is 36.6 Å². The molecule has 1 aromatic heterocycles. The van der Waals surface area contributed by atoms with Gasteiger partial charge in [-0.2, -0.15) is 0 Å². The van der Waals surface area contributed by atoms with Gasteiger partial charge in [-0.3, -0.25) is 9.36 Å². The van der Waals surface area contributed by atoms with Crippen LogP contribution in [0, 0.1) is 12.3 Å². The van der Waals surface area contributed by atoms with E-state index < -0.39 is 12.0 Å². The number of terminal acetylenes is 1. The van der Waals surface area contributed by atoms with Crippen LogP contribution in [0.25, 0.3) is 6.08 Å². The minimum atomic E-state index is -0.679. The van der Waals surface area contributed by atoms with Crippen molar-refractivity contribution in [3.8, 4) is 23.8 Å². The highest BCUT2D eigenvalue weighted by atomic mass is 35.5. The zero-order chi connectivity index (χ0) is 28.3. The number of thiazole rings is 1. The van der Waals surface area contributed by atoms with Gasteiger partial charge in [-0.25, -0.2) is 9.79 Å². The van der Waals surface area contributed by atoms with Gasteiger partial charge in [-0.15, -0.1) is 6.42 Å². The summed E-state index contributed by atoms with van der Waals surface area (Å²) in [5.74, 6) is 2.96. The molecule has 0 unspecified atom stereocenters. The van der Waals surface area contributed by atoms with E-state index in [4.69, 9.17) is 32.2 Å². The Balaban J connectivity index is 1.90. The van der Waals surface area contributed by atoms with Crippen molar-refractivity contribution in [3.63, 3.8) is 0 Å². The number of carbonyl (C=O) groups is 1. The molecule has 2 heterocycles. The number of hydrogen-bond acceptors (Lipinski definition) is 7. The summed E-state index contributed by atoms with van der Waals surface area (Å²) in [6, 6.07) is 10.7. The SMILES string of the molecule is C#CCOc1c(Cl)cc(/C=c2\sc3n(c2=O)[C@@H](c2ccc(C(C)C)cc2)C(C(=O)OCC)=C(C)N=3)cc1OC. The Bertz CT molecular complexity index is 1660. The third-order valence-corrected chi connectivity index (χ3v) is 7.55. The number of rotatable bonds is 8. The van der Waals surface area contributed by atoms with Crippen LogP contribution >= 0.6 is 22.9 Å². The maximum atomic E-state index is 13.9. The molecule has 0 aliphatic carbocycles. The van der Waals surface area contributed by atoms with Crippen LogP contribution in [-0.4, -0.2) is 30.9 Å². The van der Waals surface area contributed by atoms with Crippen LogP contribution < -0.4 is 24.4 Å². The van der Waals surface area contributed by atoms with Crippen LogP contribution in [0.4, 0.5) is 0 Å². The molecule has 0 radical (unpaired) electrons. The van der Waals surface area contributed by atoms with E-state index in [1.807, 2.05) is 24.3 Å². The molecule has 0 saturated carbocycles. The fourth-order valence-corrected chi connectivity index (χ4v) is 5.72. The van der Waals surface area contributed by atoms with Crippen LogP contribution in [-0.2, 0) is 9.53 Å². The Kier molecular flexibility index (Phi) is 8.63. The Morgan fingerprint density at radius 3 is 2.62 bits per heavy atom. The Labute approximate surface area is 236 Å². The molecule has 0 amide bonds. The van der Waals surface area contributed by atoms with E-state index in [0.717, 1.165) is 11.1 Å². The molecule has 9 heteroatoms. The van der Waals surface area contributed by atoms with Gasteiger partial charge < -0.3 is 14.2 Å². The van der Waals surface area contributed by atoms with Gasteiger partial charge in [0, 0.05) is 0 Å². The van der Waals surface area contributed by atoms with Gasteiger partial charge in [-0.1, -0.05) is 67.0 Å². The summed E-state index contributed by atoms with van der Waals surface area (Å²) in [5, 5.41) is 0.298. The molecule has 1 aliphatic heterocycles. The first-order valence-corrected chi connectivity index (χ1v) is 13.6. The number of carbonyl (C=O) groups excluding carboxylic acids is 1. The molecule has 7 nitrogen and oxygen atoms in total. The third-order valence-electron chi connectivity index (χ3n) is 6.29. The highest BCUT2D eigenvalue weighted by molar-refractivity contribution is 7.07. The number of hydrogen-bond donors (Lipinski definition) is 0. The van der Waals surface area contributed by atoms with Crippen molar-refractivity contribution in [3.05, 3.63) is 89.1 Å². The number of esters is 1. The second kappa shape index (κ2) is 11.9. The molecule has 0 fully saturated rings. The summed E-state index contributed by atoms with van der Waals surface area (Å²) >= 11 is 7.68. The zero-order valence-corrected chi connectivity index (χ0v) is 24.0. The molecule has 39 heavy (non-hydrogen) atoms.